The highest BCUT2D eigenvalue weighted by Gasteiger charge is 2.41. The van der Waals surface area contributed by atoms with Crippen molar-refractivity contribution in [1.82, 2.24) is 24.5 Å². The second-order valence-electron chi connectivity index (χ2n) is 8.26. The molecule has 3 aromatic rings. The Kier molecular flexibility index (Phi) is 4.84. The van der Waals surface area contributed by atoms with Crippen LogP contribution in [0.25, 0.3) is 5.65 Å². The minimum atomic E-state index is -0.280. The van der Waals surface area contributed by atoms with Gasteiger partial charge in [-0.05, 0) is 44.7 Å². The van der Waals surface area contributed by atoms with Crippen LogP contribution >= 0.6 is 0 Å². The van der Waals surface area contributed by atoms with Crippen molar-refractivity contribution in [3.63, 3.8) is 0 Å². The van der Waals surface area contributed by atoms with Gasteiger partial charge in [0.1, 0.15) is 12.1 Å². The third kappa shape index (κ3) is 3.40. The average Bonchev–Trinajstić information content (AvgIpc) is 3.35. The first-order valence-electron chi connectivity index (χ1n) is 10.6. The van der Waals surface area contributed by atoms with Crippen molar-refractivity contribution in [2.75, 3.05) is 24.5 Å². The molecule has 2 aliphatic heterocycles. The zero-order valence-corrected chi connectivity index (χ0v) is 17.0. The summed E-state index contributed by atoms with van der Waals surface area (Å²) in [6, 6.07) is 7.75. The maximum atomic E-state index is 13.9. The summed E-state index contributed by atoms with van der Waals surface area (Å²) in [5, 5.41) is 4.28. The molecule has 2 fully saturated rings. The first kappa shape index (κ1) is 19.0. The van der Waals surface area contributed by atoms with Gasteiger partial charge in [-0.3, -0.25) is 9.78 Å². The third-order valence-electron chi connectivity index (χ3n) is 6.41. The highest BCUT2D eigenvalue weighted by Crippen LogP contribution is 2.32. The molecule has 0 aliphatic carbocycles. The average molecular weight is 408 g/mol. The lowest BCUT2D eigenvalue weighted by atomic mass is 9.97. The van der Waals surface area contributed by atoms with E-state index in [9.17, 15) is 9.18 Å². The van der Waals surface area contributed by atoms with E-state index in [0.29, 0.717) is 18.8 Å². The lowest BCUT2D eigenvalue weighted by molar-refractivity contribution is -0.132. The van der Waals surface area contributed by atoms with E-state index < -0.39 is 0 Å². The monoisotopic (exact) mass is 408 g/mol. The second-order valence-corrected chi connectivity index (χ2v) is 8.26. The largest absolute Gasteiger partial charge is 0.366 e. The van der Waals surface area contributed by atoms with Gasteiger partial charge in [0.05, 0.1) is 23.6 Å². The summed E-state index contributed by atoms with van der Waals surface area (Å²) in [4.78, 5) is 25.5. The Balaban J connectivity index is 1.20. The number of hydrogen-bond donors (Lipinski definition) is 0. The molecule has 0 saturated carbocycles. The summed E-state index contributed by atoms with van der Waals surface area (Å²) >= 11 is 0. The van der Waals surface area contributed by atoms with Crippen LogP contribution in [0.1, 0.15) is 30.7 Å². The summed E-state index contributed by atoms with van der Waals surface area (Å²) < 4.78 is 15.8. The van der Waals surface area contributed by atoms with Crippen LogP contribution in [0.4, 0.5) is 10.1 Å². The number of pyridine rings is 2. The molecule has 0 radical (unpaired) electrons. The van der Waals surface area contributed by atoms with Crippen LogP contribution in [0.3, 0.4) is 0 Å². The van der Waals surface area contributed by atoms with Gasteiger partial charge in [-0.1, -0.05) is 6.07 Å². The van der Waals surface area contributed by atoms with Gasteiger partial charge in [0, 0.05) is 37.3 Å². The number of halogens is 1. The minimum absolute atomic E-state index is 0.0674. The predicted molar refractivity (Wildman–Crippen MR) is 111 cm³/mol. The number of carbonyl (C=O) groups is 1. The Morgan fingerprint density at radius 2 is 2.13 bits per heavy atom. The van der Waals surface area contributed by atoms with Crippen LogP contribution in [0.2, 0.25) is 0 Å². The molecule has 5 heterocycles. The molecule has 2 saturated heterocycles. The number of amides is 1. The predicted octanol–water partition coefficient (Wildman–Crippen LogP) is 2.63. The fourth-order valence-corrected chi connectivity index (χ4v) is 4.78. The third-order valence-corrected chi connectivity index (χ3v) is 6.41. The van der Waals surface area contributed by atoms with Crippen LogP contribution in [-0.2, 0) is 11.2 Å². The fourth-order valence-electron chi connectivity index (χ4n) is 4.78. The molecule has 5 rings (SSSR count). The highest BCUT2D eigenvalue weighted by atomic mass is 19.1. The number of carbonyl (C=O) groups excluding carboxylic acids is 1. The molecule has 30 heavy (non-hydrogen) atoms. The summed E-state index contributed by atoms with van der Waals surface area (Å²) in [5.74, 6) is 0.0577. The van der Waals surface area contributed by atoms with Crippen molar-refractivity contribution in [2.45, 2.75) is 38.6 Å². The summed E-state index contributed by atoms with van der Waals surface area (Å²) in [5.41, 5.74) is 3.18. The van der Waals surface area contributed by atoms with E-state index >= 15 is 0 Å². The summed E-state index contributed by atoms with van der Waals surface area (Å²) in [7, 11) is 0. The van der Waals surface area contributed by atoms with E-state index in [-0.39, 0.29) is 23.7 Å². The number of anilines is 1. The summed E-state index contributed by atoms with van der Waals surface area (Å²) in [6.45, 7) is 3.81. The number of fused-ring (bicyclic) bond motifs is 2. The first-order chi connectivity index (χ1) is 14.6. The van der Waals surface area contributed by atoms with Crippen molar-refractivity contribution in [2.24, 2.45) is 5.92 Å². The molecule has 0 N–H and O–H groups in total. The Morgan fingerprint density at radius 1 is 1.23 bits per heavy atom. The zero-order chi connectivity index (χ0) is 20.7. The van der Waals surface area contributed by atoms with E-state index in [1.807, 2.05) is 21.5 Å². The topological polar surface area (TPSA) is 66.6 Å². The van der Waals surface area contributed by atoms with Crippen molar-refractivity contribution in [1.29, 1.82) is 0 Å². The standard InChI is InChI=1S/C22H25FN6O/c1-15-20(23)11-18(12-24-15)27-8-9-28-19(13-27)10-16(22(28)30)4-2-5-17-6-3-7-21-25-14-26-29(17)21/h3,6-7,11-12,14,16,19H,2,4-5,8-10,13H2,1H3/t16?,19-/m0/s1. The second kappa shape index (κ2) is 7.66. The van der Waals surface area contributed by atoms with E-state index in [2.05, 4.69) is 26.0 Å². The smallest absolute Gasteiger partial charge is 0.226 e. The molecule has 2 aliphatic rings. The summed E-state index contributed by atoms with van der Waals surface area (Å²) in [6.07, 6.45) is 6.84. The molecule has 3 aromatic heterocycles. The molecular weight excluding hydrogens is 383 g/mol. The lowest BCUT2D eigenvalue weighted by Gasteiger charge is -2.38. The van der Waals surface area contributed by atoms with E-state index in [1.165, 1.54) is 0 Å². The number of rotatable bonds is 5. The van der Waals surface area contributed by atoms with Gasteiger partial charge >= 0.3 is 0 Å². The maximum absolute atomic E-state index is 13.9. The molecule has 1 unspecified atom stereocenters. The molecular formula is C22H25FN6O. The zero-order valence-electron chi connectivity index (χ0n) is 17.0. The SMILES string of the molecule is Cc1ncc(N2CCN3C(=O)C(CCCc4cccc5ncnn45)C[C@H]3C2)cc1F. The molecule has 7 nitrogen and oxygen atoms in total. The van der Waals surface area contributed by atoms with E-state index in [1.54, 1.807) is 25.5 Å². The van der Waals surface area contributed by atoms with Crippen LogP contribution < -0.4 is 4.90 Å². The Labute approximate surface area is 174 Å². The van der Waals surface area contributed by atoms with Gasteiger partial charge in [-0.15, -0.1) is 0 Å². The van der Waals surface area contributed by atoms with Crippen LogP contribution in [-0.4, -0.2) is 56.1 Å². The van der Waals surface area contributed by atoms with Gasteiger partial charge in [-0.2, -0.15) is 5.10 Å². The van der Waals surface area contributed by atoms with Crippen LogP contribution in [0.5, 0.6) is 0 Å². The van der Waals surface area contributed by atoms with Crippen molar-refractivity contribution < 1.29 is 9.18 Å². The molecule has 0 aromatic carbocycles. The van der Waals surface area contributed by atoms with Crippen LogP contribution in [0, 0.1) is 18.7 Å². The molecule has 8 heteroatoms. The maximum Gasteiger partial charge on any atom is 0.226 e. The molecule has 2 atom stereocenters. The molecule has 156 valence electrons. The van der Waals surface area contributed by atoms with Crippen molar-refractivity contribution in [3.05, 3.63) is 54.0 Å². The van der Waals surface area contributed by atoms with Gasteiger partial charge in [0.2, 0.25) is 5.91 Å². The molecule has 1 amide bonds. The lowest BCUT2D eigenvalue weighted by Crippen LogP contribution is -2.51. The van der Waals surface area contributed by atoms with Crippen LogP contribution in [0.15, 0.2) is 36.8 Å². The molecule has 0 bridgehead atoms. The minimum Gasteiger partial charge on any atom is -0.366 e. The Bertz CT molecular complexity index is 1080. The number of hydrogen-bond acceptors (Lipinski definition) is 5. The van der Waals surface area contributed by atoms with E-state index in [4.69, 9.17) is 0 Å². The fraction of sp³-hybridized carbons (Fsp3) is 0.455. The Hall–Kier alpha value is -3.03. The first-order valence-corrected chi connectivity index (χ1v) is 10.6. The number of aromatic nitrogens is 4. The normalized spacial score (nSPS) is 21.5. The van der Waals surface area contributed by atoms with Gasteiger partial charge in [-0.25, -0.2) is 13.9 Å². The van der Waals surface area contributed by atoms with Gasteiger partial charge in [0.25, 0.3) is 0 Å². The Morgan fingerprint density at radius 3 is 3.00 bits per heavy atom. The van der Waals surface area contributed by atoms with Gasteiger partial charge in [0.15, 0.2) is 5.65 Å². The highest BCUT2D eigenvalue weighted by molar-refractivity contribution is 5.82. The number of piperazine rings is 1. The number of nitrogens with zero attached hydrogens (tertiary/aromatic N) is 6. The van der Waals surface area contributed by atoms with E-state index in [0.717, 1.165) is 49.3 Å². The van der Waals surface area contributed by atoms with Crippen molar-refractivity contribution >= 4 is 17.2 Å². The van der Waals surface area contributed by atoms with Crippen molar-refractivity contribution in [3.8, 4) is 0 Å². The van der Waals surface area contributed by atoms with Gasteiger partial charge < -0.3 is 9.80 Å². The number of aryl methyl sites for hydroxylation is 2. The molecule has 0 spiro atoms. The quantitative estimate of drug-likeness (QED) is 0.649.